The zero-order chi connectivity index (χ0) is 19.1. The summed E-state index contributed by atoms with van der Waals surface area (Å²) in [5.41, 5.74) is 7.38. The molecule has 8 heteroatoms. The van der Waals surface area contributed by atoms with Gasteiger partial charge in [0, 0.05) is 49.8 Å². The summed E-state index contributed by atoms with van der Waals surface area (Å²) in [6, 6.07) is 8.88. The molecule has 2 heterocycles. The number of guanidine groups is 1. The van der Waals surface area contributed by atoms with Gasteiger partial charge < -0.3 is 20.9 Å². The zero-order valence-corrected chi connectivity index (χ0v) is 14.9. The Morgan fingerprint density at radius 1 is 1.22 bits per heavy atom. The molecule has 0 radical (unpaired) electrons. The predicted molar refractivity (Wildman–Crippen MR) is 105 cm³/mol. The molecule has 1 aromatic heterocycles. The second kappa shape index (κ2) is 8.67. The van der Waals surface area contributed by atoms with E-state index in [1.54, 1.807) is 42.7 Å². The fourth-order valence-corrected chi connectivity index (χ4v) is 2.73. The molecule has 0 aliphatic carbocycles. The number of hydrogen-bond donors (Lipinski definition) is 2. The Morgan fingerprint density at radius 3 is 2.67 bits per heavy atom. The molecule has 1 fully saturated rings. The van der Waals surface area contributed by atoms with Gasteiger partial charge in [-0.25, -0.2) is 15.0 Å². The molecule has 0 spiro atoms. The molecule has 0 atom stereocenters. The molecule has 1 saturated heterocycles. The molecule has 1 aliphatic rings. The van der Waals surface area contributed by atoms with Crippen LogP contribution < -0.4 is 16.0 Å². The molecule has 8 nitrogen and oxygen atoms in total. The van der Waals surface area contributed by atoms with Crippen molar-refractivity contribution in [1.82, 2.24) is 14.9 Å². The van der Waals surface area contributed by atoms with Gasteiger partial charge >= 0.3 is 0 Å². The lowest BCUT2D eigenvalue weighted by atomic mass is 10.2. The van der Waals surface area contributed by atoms with Crippen LogP contribution in [-0.4, -0.2) is 59.5 Å². The Hall–Kier alpha value is -3.60. The highest BCUT2D eigenvalue weighted by atomic mass is 16.1. The maximum atomic E-state index is 12.1. The number of nitrogens with zero attached hydrogens (tertiary/aromatic N) is 5. The quantitative estimate of drug-likeness (QED) is 0.467. The molecule has 3 rings (SSSR count). The van der Waals surface area contributed by atoms with E-state index < -0.39 is 0 Å². The number of benzene rings is 1. The number of piperazine rings is 1. The molecular formula is C19H21N7O. The van der Waals surface area contributed by atoms with E-state index in [9.17, 15) is 4.79 Å². The number of aromatic nitrogens is 2. The Bertz CT molecular complexity index is 852. The zero-order valence-electron chi connectivity index (χ0n) is 14.9. The topological polar surface area (TPSA) is 99.7 Å². The molecule has 1 aliphatic heterocycles. The average Bonchev–Trinajstić information content (AvgIpc) is 2.73. The third-order valence-corrected chi connectivity index (χ3v) is 4.14. The van der Waals surface area contributed by atoms with Crippen molar-refractivity contribution in [3.8, 4) is 12.3 Å². The second-order valence-electron chi connectivity index (χ2n) is 5.97. The summed E-state index contributed by atoms with van der Waals surface area (Å²) in [6.45, 7) is 2.82. The fraction of sp³-hybridized carbons (Fsp3) is 0.263. The molecule has 3 N–H and O–H groups in total. The molecule has 138 valence electrons. The molecule has 1 aromatic carbocycles. The Balaban J connectivity index is 1.49. The Morgan fingerprint density at radius 2 is 1.96 bits per heavy atom. The van der Waals surface area contributed by atoms with Crippen molar-refractivity contribution < 1.29 is 4.79 Å². The summed E-state index contributed by atoms with van der Waals surface area (Å²) >= 11 is 0. The fourth-order valence-electron chi connectivity index (χ4n) is 2.73. The van der Waals surface area contributed by atoms with E-state index >= 15 is 0 Å². The lowest BCUT2D eigenvalue weighted by molar-refractivity contribution is -0.114. The largest absolute Gasteiger partial charge is 0.370 e. The van der Waals surface area contributed by atoms with E-state index in [-0.39, 0.29) is 12.5 Å². The van der Waals surface area contributed by atoms with Gasteiger partial charge in [0.1, 0.15) is 6.54 Å². The molecule has 0 saturated carbocycles. The maximum Gasteiger partial charge on any atom is 0.246 e. The van der Waals surface area contributed by atoms with E-state index in [2.05, 4.69) is 31.1 Å². The normalized spacial score (nSPS) is 14.6. The van der Waals surface area contributed by atoms with Crippen molar-refractivity contribution in [1.29, 1.82) is 0 Å². The molecular weight excluding hydrogens is 342 g/mol. The Labute approximate surface area is 158 Å². The van der Waals surface area contributed by atoms with Crippen LogP contribution in [0.25, 0.3) is 0 Å². The van der Waals surface area contributed by atoms with E-state index in [4.69, 9.17) is 12.2 Å². The van der Waals surface area contributed by atoms with Gasteiger partial charge in [-0.2, -0.15) is 0 Å². The minimum absolute atomic E-state index is 0.0475. The standard InChI is InChI=1S/C19H21N7O/c1-2-15-5-3-6-16(13-15)24-17(27)14-23-18(20)25-9-11-26(12-10-25)19-21-7-4-8-22-19/h1,3-8,13H,9-12,14H2,(H2,20,23)(H,24,27). The first-order valence-corrected chi connectivity index (χ1v) is 8.59. The van der Waals surface area contributed by atoms with Crippen LogP contribution in [-0.2, 0) is 4.79 Å². The number of aliphatic imine (C=N–C) groups is 1. The monoisotopic (exact) mass is 363 g/mol. The van der Waals surface area contributed by atoms with E-state index in [0.29, 0.717) is 36.2 Å². The van der Waals surface area contributed by atoms with Crippen molar-refractivity contribution in [2.75, 3.05) is 42.9 Å². The molecule has 1 amide bonds. The van der Waals surface area contributed by atoms with Crippen LogP contribution in [0.15, 0.2) is 47.7 Å². The summed E-state index contributed by atoms with van der Waals surface area (Å²) in [5.74, 6) is 3.35. The van der Waals surface area contributed by atoms with E-state index in [1.165, 1.54) is 0 Å². The molecule has 27 heavy (non-hydrogen) atoms. The van der Waals surface area contributed by atoms with Crippen LogP contribution >= 0.6 is 0 Å². The van der Waals surface area contributed by atoms with Gasteiger partial charge in [-0.1, -0.05) is 12.0 Å². The third-order valence-electron chi connectivity index (χ3n) is 4.14. The predicted octanol–water partition coefficient (Wildman–Crippen LogP) is 0.533. The molecule has 0 unspecified atom stereocenters. The number of nitrogens with one attached hydrogen (secondary N) is 1. The first-order chi connectivity index (χ1) is 13.2. The van der Waals surface area contributed by atoms with Gasteiger partial charge in [0.25, 0.3) is 0 Å². The summed E-state index contributed by atoms with van der Waals surface area (Å²) in [7, 11) is 0. The van der Waals surface area contributed by atoms with Crippen molar-refractivity contribution in [3.63, 3.8) is 0 Å². The number of amides is 1. The summed E-state index contributed by atoms with van der Waals surface area (Å²) < 4.78 is 0. The summed E-state index contributed by atoms with van der Waals surface area (Å²) in [5, 5.41) is 2.76. The van der Waals surface area contributed by atoms with Crippen LogP contribution in [0.4, 0.5) is 11.6 Å². The van der Waals surface area contributed by atoms with Gasteiger partial charge in [0.2, 0.25) is 11.9 Å². The van der Waals surface area contributed by atoms with Crippen molar-refractivity contribution >= 4 is 23.5 Å². The number of nitrogens with two attached hydrogens (primary N) is 1. The second-order valence-corrected chi connectivity index (χ2v) is 5.97. The van der Waals surface area contributed by atoms with Crippen LogP contribution in [0.2, 0.25) is 0 Å². The van der Waals surface area contributed by atoms with Gasteiger partial charge in [-0.05, 0) is 24.3 Å². The number of anilines is 2. The van der Waals surface area contributed by atoms with Crippen LogP contribution in [0.1, 0.15) is 5.56 Å². The molecule has 0 bridgehead atoms. The van der Waals surface area contributed by atoms with E-state index in [1.807, 2.05) is 4.90 Å². The number of carbonyl (C=O) groups is 1. The van der Waals surface area contributed by atoms with Crippen LogP contribution in [0.5, 0.6) is 0 Å². The number of terminal acetylenes is 1. The first kappa shape index (κ1) is 18.2. The van der Waals surface area contributed by atoms with Gasteiger partial charge in [-0.15, -0.1) is 6.42 Å². The molecule has 2 aromatic rings. The van der Waals surface area contributed by atoms with Crippen molar-refractivity contribution in [2.45, 2.75) is 0 Å². The number of hydrogen-bond acceptors (Lipinski definition) is 5. The van der Waals surface area contributed by atoms with Gasteiger partial charge in [0.15, 0.2) is 5.96 Å². The SMILES string of the molecule is C#Cc1cccc(NC(=O)CN=C(N)N2CCN(c3ncccn3)CC2)c1. The van der Waals surface area contributed by atoms with Crippen molar-refractivity contribution in [3.05, 3.63) is 48.3 Å². The van der Waals surface area contributed by atoms with Crippen LogP contribution in [0, 0.1) is 12.3 Å². The van der Waals surface area contributed by atoms with Gasteiger partial charge in [0.05, 0.1) is 0 Å². The highest BCUT2D eigenvalue weighted by Gasteiger charge is 2.20. The smallest absolute Gasteiger partial charge is 0.246 e. The maximum absolute atomic E-state index is 12.1. The first-order valence-electron chi connectivity index (χ1n) is 8.59. The minimum Gasteiger partial charge on any atom is -0.370 e. The van der Waals surface area contributed by atoms with Crippen LogP contribution in [0.3, 0.4) is 0 Å². The minimum atomic E-state index is -0.247. The summed E-state index contributed by atoms with van der Waals surface area (Å²) in [6.07, 6.45) is 8.81. The number of rotatable bonds is 4. The lowest BCUT2D eigenvalue weighted by Crippen LogP contribution is -2.51. The number of carbonyl (C=O) groups excluding carboxylic acids is 1. The Kier molecular flexibility index (Phi) is 5.84. The average molecular weight is 363 g/mol. The third kappa shape index (κ3) is 4.95. The highest BCUT2D eigenvalue weighted by Crippen LogP contribution is 2.10. The van der Waals surface area contributed by atoms with Gasteiger partial charge in [-0.3, -0.25) is 4.79 Å². The summed E-state index contributed by atoms with van der Waals surface area (Å²) in [4.78, 5) is 28.8. The van der Waals surface area contributed by atoms with E-state index in [0.717, 1.165) is 13.1 Å². The van der Waals surface area contributed by atoms with Crippen molar-refractivity contribution in [2.24, 2.45) is 10.7 Å². The highest BCUT2D eigenvalue weighted by molar-refractivity contribution is 5.94. The lowest BCUT2D eigenvalue weighted by Gasteiger charge is -2.35.